The molecule has 0 heterocycles. The van der Waals surface area contributed by atoms with E-state index in [1.807, 2.05) is 18.2 Å². The van der Waals surface area contributed by atoms with Gasteiger partial charge >= 0.3 is 5.97 Å². The molecule has 0 bridgehead atoms. The highest BCUT2D eigenvalue weighted by molar-refractivity contribution is 9.10. The van der Waals surface area contributed by atoms with E-state index in [0.717, 1.165) is 23.7 Å². The van der Waals surface area contributed by atoms with Gasteiger partial charge in [-0.1, -0.05) is 39.7 Å². The van der Waals surface area contributed by atoms with E-state index in [0.29, 0.717) is 10.6 Å². The van der Waals surface area contributed by atoms with E-state index < -0.39 is 12.1 Å². The first-order chi connectivity index (χ1) is 11.5. The Morgan fingerprint density at radius 1 is 1.12 bits per heavy atom. The van der Waals surface area contributed by atoms with E-state index in [4.69, 9.17) is 16.3 Å². The average Bonchev–Trinajstić information content (AvgIpc) is 3.03. The number of benzene rings is 2. The zero-order chi connectivity index (χ0) is 17.3. The summed E-state index contributed by atoms with van der Waals surface area (Å²) in [4.78, 5) is 24.8. The molecule has 0 unspecified atom stereocenters. The lowest BCUT2D eigenvalue weighted by Crippen LogP contribution is -2.24. The Hall–Kier alpha value is -1.65. The lowest BCUT2D eigenvalue weighted by atomic mass is 10.0. The minimum absolute atomic E-state index is 0.204. The molecule has 5 heteroatoms. The van der Waals surface area contributed by atoms with Gasteiger partial charge in [-0.15, -0.1) is 0 Å². The first-order valence-corrected chi connectivity index (χ1v) is 8.95. The van der Waals surface area contributed by atoms with E-state index in [1.54, 1.807) is 25.1 Å². The van der Waals surface area contributed by atoms with Gasteiger partial charge in [0.05, 0.1) is 10.6 Å². The molecule has 0 fully saturated rings. The third-order valence-corrected chi connectivity index (χ3v) is 5.01. The Kier molecular flexibility index (Phi) is 5.07. The van der Waals surface area contributed by atoms with Gasteiger partial charge < -0.3 is 4.74 Å². The van der Waals surface area contributed by atoms with Gasteiger partial charge in [-0.2, -0.15) is 0 Å². The Balaban J connectivity index is 1.74. The van der Waals surface area contributed by atoms with Gasteiger partial charge in [0.1, 0.15) is 0 Å². The fourth-order valence-electron chi connectivity index (χ4n) is 2.89. The second-order valence-corrected chi connectivity index (χ2v) is 7.20. The number of rotatable bonds is 4. The van der Waals surface area contributed by atoms with Crippen molar-refractivity contribution in [1.29, 1.82) is 0 Å². The highest BCUT2D eigenvalue weighted by atomic mass is 79.9. The van der Waals surface area contributed by atoms with Gasteiger partial charge in [0.15, 0.2) is 6.10 Å². The minimum atomic E-state index is -0.869. The molecule has 0 saturated carbocycles. The Bertz CT molecular complexity index is 816. The van der Waals surface area contributed by atoms with E-state index in [2.05, 4.69) is 15.9 Å². The van der Waals surface area contributed by atoms with Crippen molar-refractivity contribution in [2.75, 3.05) is 0 Å². The first kappa shape index (κ1) is 17.2. The van der Waals surface area contributed by atoms with Crippen LogP contribution in [0.1, 0.15) is 45.2 Å². The van der Waals surface area contributed by atoms with Crippen LogP contribution in [0.3, 0.4) is 0 Å². The maximum atomic E-state index is 12.5. The molecule has 3 rings (SSSR count). The average molecular weight is 408 g/mol. The zero-order valence-electron chi connectivity index (χ0n) is 13.1. The molecule has 1 aliphatic rings. The van der Waals surface area contributed by atoms with Crippen LogP contribution in [-0.2, 0) is 17.6 Å². The van der Waals surface area contributed by atoms with Crippen LogP contribution in [0.5, 0.6) is 0 Å². The summed E-state index contributed by atoms with van der Waals surface area (Å²) in [6.07, 6.45) is 2.32. The molecule has 0 amide bonds. The van der Waals surface area contributed by atoms with Crippen molar-refractivity contribution in [2.24, 2.45) is 0 Å². The molecular formula is C19H16BrClO3. The zero-order valence-corrected chi connectivity index (χ0v) is 15.5. The number of halogens is 2. The normalized spacial score (nSPS) is 14.1. The molecule has 0 aliphatic heterocycles. The van der Waals surface area contributed by atoms with Gasteiger partial charge in [-0.25, -0.2) is 4.79 Å². The molecule has 0 radical (unpaired) electrons. The highest BCUT2D eigenvalue weighted by Gasteiger charge is 2.23. The van der Waals surface area contributed by atoms with Crippen LogP contribution in [0.4, 0.5) is 0 Å². The third kappa shape index (κ3) is 3.55. The fourth-order valence-corrected chi connectivity index (χ4v) is 3.45. The largest absolute Gasteiger partial charge is 0.451 e. The SMILES string of the molecule is C[C@H](OC(=O)c1cc(Br)ccc1Cl)C(=O)c1ccc2c(c1)CCC2. The number of carbonyl (C=O) groups excluding carboxylic acids is 2. The van der Waals surface area contributed by atoms with Gasteiger partial charge in [-0.3, -0.25) is 4.79 Å². The number of ketones is 1. The van der Waals surface area contributed by atoms with Gasteiger partial charge in [0, 0.05) is 10.0 Å². The fraction of sp³-hybridized carbons (Fsp3) is 0.263. The van der Waals surface area contributed by atoms with Crippen molar-refractivity contribution in [3.63, 3.8) is 0 Å². The Morgan fingerprint density at radius 2 is 1.88 bits per heavy atom. The standard InChI is InChI=1S/C19H16BrClO3/c1-11(24-19(23)16-10-15(20)7-8-17(16)21)18(22)14-6-5-12-3-2-4-13(12)9-14/h5-11H,2-4H2,1H3/t11-/m0/s1. The van der Waals surface area contributed by atoms with Crippen molar-refractivity contribution in [1.82, 2.24) is 0 Å². The molecule has 0 aromatic heterocycles. The van der Waals surface area contributed by atoms with Crippen molar-refractivity contribution in [3.8, 4) is 0 Å². The highest BCUT2D eigenvalue weighted by Crippen LogP contribution is 2.25. The van der Waals surface area contributed by atoms with Gasteiger partial charge in [-0.05, 0) is 61.6 Å². The second kappa shape index (κ2) is 7.08. The van der Waals surface area contributed by atoms with Crippen LogP contribution >= 0.6 is 27.5 Å². The van der Waals surface area contributed by atoms with Crippen LogP contribution in [0, 0.1) is 0 Å². The maximum Gasteiger partial charge on any atom is 0.340 e. The number of ether oxygens (including phenoxy) is 1. The second-order valence-electron chi connectivity index (χ2n) is 5.87. The molecule has 24 heavy (non-hydrogen) atoms. The minimum Gasteiger partial charge on any atom is -0.451 e. The predicted molar refractivity (Wildman–Crippen MR) is 96.8 cm³/mol. The summed E-state index contributed by atoms with van der Waals surface area (Å²) in [6.45, 7) is 1.58. The first-order valence-electron chi connectivity index (χ1n) is 7.78. The molecule has 3 nitrogen and oxygen atoms in total. The molecule has 1 aliphatic carbocycles. The Labute approximate surface area is 154 Å². The molecule has 1 atom stereocenters. The summed E-state index contributed by atoms with van der Waals surface area (Å²) in [5, 5.41) is 0.292. The number of aryl methyl sites for hydroxylation is 2. The lowest BCUT2D eigenvalue weighted by Gasteiger charge is -2.14. The molecule has 2 aromatic rings. The topological polar surface area (TPSA) is 43.4 Å². The quantitative estimate of drug-likeness (QED) is 0.528. The molecular weight excluding hydrogens is 392 g/mol. The number of hydrogen-bond donors (Lipinski definition) is 0. The van der Waals surface area contributed by atoms with Crippen LogP contribution in [-0.4, -0.2) is 17.9 Å². The summed E-state index contributed by atoms with van der Waals surface area (Å²) in [7, 11) is 0. The Morgan fingerprint density at radius 3 is 2.67 bits per heavy atom. The monoisotopic (exact) mass is 406 g/mol. The molecule has 2 aromatic carbocycles. The molecule has 0 spiro atoms. The van der Waals surface area contributed by atoms with Crippen molar-refractivity contribution in [3.05, 3.63) is 68.1 Å². The number of hydrogen-bond acceptors (Lipinski definition) is 3. The third-order valence-electron chi connectivity index (χ3n) is 4.18. The number of esters is 1. The molecule has 0 N–H and O–H groups in total. The van der Waals surface area contributed by atoms with Gasteiger partial charge in [0.25, 0.3) is 0 Å². The number of fused-ring (bicyclic) bond motifs is 1. The van der Waals surface area contributed by atoms with Gasteiger partial charge in [0.2, 0.25) is 5.78 Å². The lowest BCUT2D eigenvalue weighted by molar-refractivity contribution is 0.0319. The smallest absolute Gasteiger partial charge is 0.340 e. The number of carbonyl (C=O) groups is 2. The summed E-state index contributed by atoms with van der Waals surface area (Å²) < 4.78 is 6.03. The van der Waals surface area contributed by atoms with E-state index in [9.17, 15) is 9.59 Å². The molecule has 124 valence electrons. The summed E-state index contributed by atoms with van der Waals surface area (Å²) in [5.41, 5.74) is 3.34. The predicted octanol–water partition coefficient (Wildman–Crippen LogP) is 5.02. The number of Topliss-reactive ketones (excluding diaryl/α,β-unsaturated/α-hetero) is 1. The van der Waals surface area contributed by atoms with E-state index in [-0.39, 0.29) is 11.3 Å². The van der Waals surface area contributed by atoms with Crippen LogP contribution < -0.4 is 0 Å². The summed E-state index contributed by atoms with van der Waals surface area (Å²) in [6, 6.07) is 10.6. The van der Waals surface area contributed by atoms with E-state index in [1.165, 1.54) is 11.1 Å². The van der Waals surface area contributed by atoms with Crippen molar-refractivity contribution >= 4 is 39.3 Å². The molecule has 0 saturated heterocycles. The summed E-state index contributed by atoms with van der Waals surface area (Å²) >= 11 is 9.32. The van der Waals surface area contributed by atoms with Crippen LogP contribution in [0.25, 0.3) is 0 Å². The van der Waals surface area contributed by atoms with E-state index >= 15 is 0 Å². The van der Waals surface area contributed by atoms with Crippen molar-refractivity contribution in [2.45, 2.75) is 32.3 Å². The summed E-state index contributed by atoms with van der Waals surface area (Å²) in [5.74, 6) is -0.813. The van der Waals surface area contributed by atoms with Crippen LogP contribution in [0.2, 0.25) is 5.02 Å². The maximum absolute atomic E-state index is 12.5. The van der Waals surface area contributed by atoms with Crippen LogP contribution in [0.15, 0.2) is 40.9 Å². The van der Waals surface area contributed by atoms with Crippen molar-refractivity contribution < 1.29 is 14.3 Å².